The molecule has 0 radical (unpaired) electrons. The Bertz CT molecular complexity index is 914. The van der Waals surface area contributed by atoms with Crippen LogP contribution in [-0.2, 0) is 28.1 Å². The number of hydrogen-bond donors (Lipinski definition) is 3. The molecule has 0 bridgehead atoms. The molecule has 2 aliphatic heterocycles. The van der Waals surface area contributed by atoms with Gasteiger partial charge >= 0.3 is 11.6 Å². The fourth-order valence-corrected chi connectivity index (χ4v) is 4.22. The lowest BCUT2D eigenvalue weighted by atomic mass is 10.1. The first kappa shape index (κ1) is 25.8. The Kier molecular flexibility index (Phi) is 8.67. The van der Waals surface area contributed by atoms with Gasteiger partial charge in [-0.25, -0.2) is 9.88 Å². The fourth-order valence-electron chi connectivity index (χ4n) is 3.32. The van der Waals surface area contributed by atoms with Crippen LogP contribution in [0.1, 0.15) is 32.9 Å². The van der Waals surface area contributed by atoms with Crippen molar-refractivity contribution in [2.45, 2.75) is 63.4 Å². The summed E-state index contributed by atoms with van der Waals surface area (Å²) in [7, 11) is -2.90. The number of aliphatic hydroxyl groups is 1. The number of nitrogens with one attached hydrogen (secondary N) is 2. The van der Waals surface area contributed by atoms with Crippen molar-refractivity contribution in [2.24, 2.45) is 0 Å². The quantitative estimate of drug-likeness (QED) is 0.394. The number of aliphatic hydroxyl groups excluding tert-OH is 1. The SMILES string of the molecule is CCCC(=O)Nc1ccn([C@@H]2O[C@H](CO[PH](=O)N[C@@H](C)C3OCCO3)[C@@H](O)C2(F)F)c(=O)n1. The maximum Gasteiger partial charge on any atom is 0.351 e. The van der Waals surface area contributed by atoms with Crippen molar-refractivity contribution in [3.05, 3.63) is 22.7 Å². The fraction of sp³-hybridized carbons (Fsp3) is 0.722. The maximum atomic E-state index is 14.7. The van der Waals surface area contributed by atoms with Gasteiger partial charge in [0.2, 0.25) is 12.1 Å². The second kappa shape index (κ2) is 11.1. The van der Waals surface area contributed by atoms with Crippen LogP contribution < -0.4 is 16.1 Å². The van der Waals surface area contributed by atoms with E-state index < -0.39 is 57.2 Å². The molecule has 3 N–H and O–H groups in total. The Balaban J connectivity index is 1.61. The predicted octanol–water partition coefficient (Wildman–Crippen LogP) is 0.633. The van der Waals surface area contributed by atoms with Crippen molar-refractivity contribution in [1.82, 2.24) is 14.6 Å². The molecule has 0 saturated carbocycles. The highest BCUT2D eigenvalue weighted by Crippen LogP contribution is 2.42. The van der Waals surface area contributed by atoms with E-state index in [4.69, 9.17) is 18.7 Å². The molecule has 1 aromatic rings. The van der Waals surface area contributed by atoms with Crippen molar-refractivity contribution in [1.29, 1.82) is 0 Å². The summed E-state index contributed by atoms with van der Waals surface area (Å²) in [6.45, 7) is 3.63. The summed E-state index contributed by atoms with van der Waals surface area (Å²) in [4.78, 5) is 27.5. The number of carbonyl (C=O) groups is 1. The maximum absolute atomic E-state index is 14.7. The van der Waals surface area contributed by atoms with Crippen LogP contribution in [0, 0.1) is 0 Å². The molecule has 186 valence electrons. The van der Waals surface area contributed by atoms with Gasteiger partial charge in [-0.05, 0) is 19.4 Å². The lowest BCUT2D eigenvalue weighted by molar-refractivity contribution is -0.140. The van der Waals surface area contributed by atoms with Crippen LogP contribution in [0.4, 0.5) is 14.6 Å². The van der Waals surface area contributed by atoms with Gasteiger partial charge in [0, 0.05) is 12.6 Å². The molecule has 15 heteroatoms. The van der Waals surface area contributed by atoms with Crippen molar-refractivity contribution < 1.29 is 42.0 Å². The number of rotatable bonds is 10. The third-order valence-corrected chi connectivity index (χ3v) is 6.11. The first-order valence-corrected chi connectivity index (χ1v) is 11.7. The van der Waals surface area contributed by atoms with Crippen molar-refractivity contribution in [3.63, 3.8) is 0 Å². The molecule has 3 rings (SSSR count). The lowest BCUT2D eigenvalue weighted by Gasteiger charge is -2.21. The summed E-state index contributed by atoms with van der Waals surface area (Å²) in [5.41, 5.74) is -1.11. The highest BCUT2D eigenvalue weighted by atomic mass is 31.1. The lowest BCUT2D eigenvalue weighted by Crippen LogP contribution is -2.42. The standard InChI is InChI=1S/C18H27F2N4O8P/c1-3-4-13(25)21-12-5-6-24(17(27)22-12)16-18(19,20)14(26)11(32-16)9-31-33(28)23-10(2)15-29-7-8-30-15/h5-6,10-11,14-16,26,33H,3-4,7-9H2,1-2H3,(H,23,28)(H,21,22,25,27)/t10-,11+,14+,16+/m0/s1. The first-order valence-electron chi connectivity index (χ1n) is 10.4. The predicted molar refractivity (Wildman–Crippen MR) is 110 cm³/mol. The van der Waals surface area contributed by atoms with E-state index in [2.05, 4.69) is 15.4 Å². The Morgan fingerprint density at radius 3 is 2.79 bits per heavy atom. The third-order valence-electron chi connectivity index (χ3n) is 4.99. The molecule has 33 heavy (non-hydrogen) atoms. The van der Waals surface area contributed by atoms with Crippen molar-refractivity contribution in [3.8, 4) is 0 Å². The molecule has 2 saturated heterocycles. The second-order valence-electron chi connectivity index (χ2n) is 7.59. The van der Waals surface area contributed by atoms with Crippen molar-refractivity contribution in [2.75, 3.05) is 25.1 Å². The van der Waals surface area contributed by atoms with Gasteiger partial charge in [-0.15, -0.1) is 0 Å². The molecule has 1 unspecified atom stereocenters. The van der Waals surface area contributed by atoms with Crippen LogP contribution in [0.3, 0.4) is 0 Å². The van der Waals surface area contributed by atoms with Crippen LogP contribution in [0.25, 0.3) is 0 Å². The summed E-state index contributed by atoms with van der Waals surface area (Å²) < 4.78 is 62.8. The number of carbonyl (C=O) groups excluding carboxylic acids is 1. The number of halogens is 2. The zero-order valence-corrected chi connectivity index (χ0v) is 19.0. The number of nitrogens with zero attached hydrogens (tertiary/aromatic N) is 2. The van der Waals surface area contributed by atoms with Gasteiger partial charge in [0.25, 0.3) is 8.18 Å². The van der Waals surface area contributed by atoms with Gasteiger partial charge < -0.3 is 29.2 Å². The molecule has 0 aromatic carbocycles. The van der Waals surface area contributed by atoms with Gasteiger partial charge in [0.05, 0.1) is 25.9 Å². The number of aromatic nitrogens is 2. The molecule has 2 fully saturated rings. The molecule has 12 nitrogen and oxygen atoms in total. The minimum atomic E-state index is -3.87. The Morgan fingerprint density at radius 2 is 2.15 bits per heavy atom. The van der Waals surface area contributed by atoms with Gasteiger partial charge in [-0.2, -0.15) is 13.8 Å². The average molecular weight is 496 g/mol. The van der Waals surface area contributed by atoms with E-state index in [1.807, 2.05) is 0 Å². The van der Waals surface area contributed by atoms with Crippen LogP contribution in [0.15, 0.2) is 17.1 Å². The monoisotopic (exact) mass is 496 g/mol. The molecule has 3 heterocycles. The van der Waals surface area contributed by atoms with E-state index >= 15 is 0 Å². The summed E-state index contributed by atoms with van der Waals surface area (Å²) in [5.74, 6) is -4.33. The Labute approximate surface area is 188 Å². The summed E-state index contributed by atoms with van der Waals surface area (Å²) in [5, 5.41) is 15.0. The molecule has 5 atom stereocenters. The zero-order chi connectivity index (χ0) is 24.2. The smallest absolute Gasteiger partial charge is 0.351 e. The molecule has 0 spiro atoms. The molecule has 2 aliphatic rings. The van der Waals surface area contributed by atoms with E-state index in [0.29, 0.717) is 24.2 Å². The molecular formula is C18H27F2N4O8P. The van der Waals surface area contributed by atoms with E-state index in [0.717, 1.165) is 6.20 Å². The number of hydrogen-bond acceptors (Lipinski definition) is 9. The molecular weight excluding hydrogens is 469 g/mol. The van der Waals surface area contributed by atoms with Crippen LogP contribution in [-0.4, -0.2) is 70.8 Å². The number of ether oxygens (including phenoxy) is 3. The first-order chi connectivity index (χ1) is 15.6. The summed E-state index contributed by atoms with van der Waals surface area (Å²) >= 11 is 0. The summed E-state index contributed by atoms with van der Waals surface area (Å²) in [6.07, 6.45) is -4.90. The van der Waals surface area contributed by atoms with E-state index in [-0.39, 0.29) is 18.1 Å². The van der Waals surface area contributed by atoms with Gasteiger partial charge in [0.15, 0.2) is 12.4 Å². The molecule has 1 amide bonds. The normalized spacial score (nSPS) is 26.9. The third kappa shape index (κ3) is 6.21. The largest absolute Gasteiger partial charge is 0.384 e. The van der Waals surface area contributed by atoms with Gasteiger partial charge in [-0.3, -0.25) is 13.9 Å². The minimum Gasteiger partial charge on any atom is -0.384 e. The van der Waals surface area contributed by atoms with Gasteiger partial charge in [-0.1, -0.05) is 6.92 Å². The second-order valence-corrected chi connectivity index (χ2v) is 8.74. The average Bonchev–Trinajstić information content (AvgIpc) is 3.36. The van der Waals surface area contributed by atoms with E-state index in [1.54, 1.807) is 13.8 Å². The summed E-state index contributed by atoms with van der Waals surface area (Å²) in [6, 6.07) is 0.686. The highest BCUT2D eigenvalue weighted by Gasteiger charge is 2.59. The van der Waals surface area contributed by atoms with Crippen molar-refractivity contribution >= 4 is 19.9 Å². The number of anilines is 1. The van der Waals surface area contributed by atoms with Gasteiger partial charge in [0.1, 0.15) is 11.9 Å². The molecule has 1 aromatic heterocycles. The zero-order valence-electron chi connectivity index (χ0n) is 18.0. The number of amides is 1. The topological polar surface area (TPSA) is 150 Å². The van der Waals surface area contributed by atoms with Crippen LogP contribution in [0.5, 0.6) is 0 Å². The Hall–Kier alpha value is -1.80. The molecule has 0 aliphatic carbocycles. The highest BCUT2D eigenvalue weighted by molar-refractivity contribution is 7.36. The van der Waals surface area contributed by atoms with E-state index in [1.165, 1.54) is 6.07 Å². The minimum absolute atomic E-state index is 0.0922. The van der Waals surface area contributed by atoms with Crippen LogP contribution >= 0.6 is 8.18 Å². The van der Waals surface area contributed by atoms with E-state index in [9.17, 15) is 28.0 Å². The number of alkyl halides is 2. The Morgan fingerprint density at radius 1 is 1.45 bits per heavy atom. The van der Waals surface area contributed by atoms with Crippen LogP contribution in [0.2, 0.25) is 0 Å².